The highest BCUT2D eigenvalue weighted by Gasteiger charge is 2.42. The second-order valence-corrected chi connectivity index (χ2v) is 10.8. The van der Waals surface area contributed by atoms with Crippen LogP contribution in [-0.4, -0.2) is 25.8 Å². The van der Waals surface area contributed by atoms with Crippen molar-refractivity contribution in [1.82, 2.24) is 19.9 Å². The standard InChI is InChI=1S/C31H33N5OS/c1-20-11-16-28(33-19-20)35-21(2)18-26(22(35)3)30-29(27-10-6-7-17-32-27)34-31(38)36(30)23-12-14-25(15-13-23)37-24-8-4-5-9-24/h6-7,10-19,24,29-30H,4-5,8-9H2,1-3H3,(H,34,38)/t29-,30+/m1/s1. The van der Waals surface area contributed by atoms with Crippen molar-refractivity contribution >= 4 is 23.0 Å². The second-order valence-electron chi connectivity index (χ2n) is 10.4. The predicted molar refractivity (Wildman–Crippen MR) is 155 cm³/mol. The summed E-state index contributed by atoms with van der Waals surface area (Å²) < 4.78 is 8.45. The van der Waals surface area contributed by atoms with Crippen LogP contribution in [0.15, 0.2) is 73.1 Å². The summed E-state index contributed by atoms with van der Waals surface area (Å²) >= 11 is 5.95. The number of hydrogen-bond acceptors (Lipinski definition) is 4. The molecule has 1 saturated carbocycles. The molecule has 1 N–H and O–H groups in total. The van der Waals surface area contributed by atoms with Gasteiger partial charge in [-0.3, -0.25) is 4.98 Å². The van der Waals surface area contributed by atoms with Gasteiger partial charge in [-0.05, 0) is 118 Å². The Labute approximate surface area is 229 Å². The first-order chi connectivity index (χ1) is 18.5. The van der Waals surface area contributed by atoms with Crippen LogP contribution in [0, 0.1) is 20.8 Å². The predicted octanol–water partition coefficient (Wildman–Crippen LogP) is 6.69. The molecule has 4 aromatic rings. The number of hydrogen-bond donors (Lipinski definition) is 1. The number of pyridine rings is 2. The molecule has 7 heteroatoms. The van der Waals surface area contributed by atoms with Crippen LogP contribution >= 0.6 is 12.2 Å². The molecule has 4 heterocycles. The number of ether oxygens (including phenoxy) is 1. The third-order valence-corrected chi connectivity index (χ3v) is 8.05. The molecule has 1 saturated heterocycles. The number of benzene rings is 1. The summed E-state index contributed by atoms with van der Waals surface area (Å²) in [6.45, 7) is 6.35. The normalized spacial score (nSPS) is 19.7. The molecule has 0 bridgehead atoms. The SMILES string of the molecule is Cc1ccc(-n2c(C)cc([C@H]3[C@@H](c4ccccn4)NC(=S)N3c3ccc(OC4CCCC4)cc3)c2C)nc1. The van der Waals surface area contributed by atoms with Crippen molar-refractivity contribution in [3.63, 3.8) is 0 Å². The van der Waals surface area contributed by atoms with E-state index >= 15 is 0 Å². The van der Waals surface area contributed by atoms with Crippen molar-refractivity contribution < 1.29 is 4.74 Å². The van der Waals surface area contributed by atoms with E-state index in [0.29, 0.717) is 11.2 Å². The number of anilines is 1. The van der Waals surface area contributed by atoms with Crippen LogP contribution in [0.1, 0.15) is 66.0 Å². The lowest BCUT2D eigenvalue weighted by molar-refractivity contribution is 0.210. The van der Waals surface area contributed by atoms with Crippen molar-refractivity contribution in [1.29, 1.82) is 0 Å². The smallest absolute Gasteiger partial charge is 0.174 e. The molecule has 2 fully saturated rings. The molecule has 6 nitrogen and oxygen atoms in total. The first-order valence-electron chi connectivity index (χ1n) is 13.4. The fourth-order valence-corrected chi connectivity index (χ4v) is 6.21. The quantitative estimate of drug-likeness (QED) is 0.284. The van der Waals surface area contributed by atoms with E-state index in [-0.39, 0.29) is 12.1 Å². The lowest BCUT2D eigenvalue weighted by atomic mass is 9.96. The maximum Gasteiger partial charge on any atom is 0.174 e. The molecule has 194 valence electrons. The van der Waals surface area contributed by atoms with Gasteiger partial charge < -0.3 is 19.5 Å². The van der Waals surface area contributed by atoms with E-state index in [2.05, 4.69) is 84.1 Å². The number of thiocarbonyl (C=S) groups is 1. The number of rotatable bonds is 6. The van der Waals surface area contributed by atoms with Gasteiger partial charge in [0.1, 0.15) is 11.6 Å². The van der Waals surface area contributed by atoms with Crippen LogP contribution < -0.4 is 15.0 Å². The molecule has 0 spiro atoms. The van der Waals surface area contributed by atoms with Crippen LogP contribution in [0.5, 0.6) is 5.75 Å². The molecule has 2 atom stereocenters. The van der Waals surface area contributed by atoms with E-state index in [1.807, 2.05) is 24.5 Å². The van der Waals surface area contributed by atoms with E-state index in [1.54, 1.807) is 0 Å². The van der Waals surface area contributed by atoms with Gasteiger partial charge in [-0.15, -0.1) is 0 Å². The lowest BCUT2D eigenvalue weighted by Crippen LogP contribution is -2.29. The molecular formula is C31H33N5OS. The fraction of sp³-hybridized carbons (Fsp3) is 0.323. The summed E-state index contributed by atoms with van der Waals surface area (Å²) in [6, 6.07) is 20.7. The molecule has 3 aromatic heterocycles. The molecule has 0 radical (unpaired) electrons. The van der Waals surface area contributed by atoms with E-state index in [9.17, 15) is 0 Å². The maximum absolute atomic E-state index is 6.23. The lowest BCUT2D eigenvalue weighted by Gasteiger charge is -2.28. The van der Waals surface area contributed by atoms with Crippen LogP contribution in [0.2, 0.25) is 0 Å². The zero-order chi connectivity index (χ0) is 26.2. The maximum atomic E-state index is 6.23. The molecule has 38 heavy (non-hydrogen) atoms. The zero-order valence-corrected chi connectivity index (χ0v) is 22.9. The van der Waals surface area contributed by atoms with Crippen LogP contribution in [0.4, 0.5) is 5.69 Å². The Bertz CT molecular complexity index is 1430. The Balaban J connectivity index is 1.41. The minimum Gasteiger partial charge on any atom is -0.490 e. The summed E-state index contributed by atoms with van der Waals surface area (Å²) in [7, 11) is 0. The highest BCUT2D eigenvalue weighted by molar-refractivity contribution is 7.80. The summed E-state index contributed by atoms with van der Waals surface area (Å²) in [5.41, 5.74) is 6.60. The highest BCUT2D eigenvalue weighted by atomic mass is 32.1. The fourth-order valence-electron chi connectivity index (χ4n) is 5.86. The van der Waals surface area contributed by atoms with Gasteiger partial charge in [0.25, 0.3) is 0 Å². The van der Waals surface area contributed by atoms with Gasteiger partial charge in [0.15, 0.2) is 5.11 Å². The molecule has 0 unspecified atom stereocenters. The first-order valence-corrected chi connectivity index (χ1v) is 13.8. The van der Waals surface area contributed by atoms with E-state index in [1.165, 1.54) is 18.4 Å². The van der Waals surface area contributed by atoms with Crippen LogP contribution in [-0.2, 0) is 0 Å². The third-order valence-electron chi connectivity index (χ3n) is 7.73. The molecule has 1 aromatic carbocycles. The van der Waals surface area contributed by atoms with Crippen molar-refractivity contribution in [2.45, 2.75) is 64.6 Å². The van der Waals surface area contributed by atoms with Crippen LogP contribution in [0.3, 0.4) is 0 Å². The Hall–Kier alpha value is -3.71. The summed E-state index contributed by atoms with van der Waals surface area (Å²) in [6.07, 6.45) is 8.87. The van der Waals surface area contributed by atoms with Gasteiger partial charge in [0.05, 0.1) is 23.9 Å². The second kappa shape index (κ2) is 10.2. The first kappa shape index (κ1) is 24.6. The summed E-state index contributed by atoms with van der Waals surface area (Å²) in [5.74, 6) is 1.83. The van der Waals surface area contributed by atoms with Crippen molar-refractivity contribution in [2.75, 3.05) is 4.90 Å². The Morgan fingerprint density at radius 1 is 0.947 bits per heavy atom. The van der Waals surface area contributed by atoms with E-state index in [0.717, 1.165) is 52.7 Å². The minimum atomic E-state index is -0.0990. The Morgan fingerprint density at radius 2 is 1.74 bits per heavy atom. The third kappa shape index (κ3) is 4.56. The van der Waals surface area contributed by atoms with Gasteiger partial charge in [-0.2, -0.15) is 0 Å². The molecule has 6 rings (SSSR count). The monoisotopic (exact) mass is 523 g/mol. The Morgan fingerprint density at radius 3 is 2.42 bits per heavy atom. The summed E-state index contributed by atoms with van der Waals surface area (Å²) in [5, 5.41) is 4.27. The Kier molecular flexibility index (Phi) is 6.62. The molecule has 1 aliphatic heterocycles. The highest BCUT2D eigenvalue weighted by Crippen LogP contribution is 2.44. The largest absolute Gasteiger partial charge is 0.490 e. The van der Waals surface area contributed by atoms with E-state index < -0.39 is 0 Å². The van der Waals surface area contributed by atoms with Crippen molar-refractivity contribution in [3.05, 3.63) is 101 Å². The average molecular weight is 524 g/mol. The minimum absolute atomic E-state index is 0.0793. The number of nitrogens with zero attached hydrogens (tertiary/aromatic N) is 4. The van der Waals surface area contributed by atoms with Gasteiger partial charge in [0.2, 0.25) is 0 Å². The van der Waals surface area contributed by atoms with E-state index in [4.69, 9.17) is 26.9 Å². The van der Waals surface area contributed by atoms with Gasteiger partial charge in [-0.25, -0.2) is 4.98 Å². The number of aryl methyl sites for hydroxylation is 2. The topological polar surface area (TPSA) is 55.2 Å². The molecule has 2 aliphatic rings. The van der Waals surface area contributed by atoms with Crippen LogP contribution in [0.25, 0.3) is 5.82 Å². The van der Waals surface area contributed by atoms with Crippen molar-refractivity contribution in [3.8, 4) is 11.6 Å². The molecular weight excluding hydrogens is 490 g/mol. The summed E-state index contributed by atoms with van der Waals surface area (Å²) in [4.78, 5) is 11.6. The average Bonchev–Trinajstić information content (AvgIpc) is 3.64. The van der Waals surface area contributed by atoms with Gasteiger partial charge >= 0.3 is 0 Å². The number of aromatic nitrogens is 3. The number of nitrogens with one attached hydrogen (secondary N) is 1. The molecule has 1 aliphatic carbocycles. The molecule has 0 amide bonds. The van der Waals surface area contributed by atoms with Crippen molar-refractivity contribution in [2.24, 2.45) is 0 Å². The van der Waals surface area contributed by atoms with Gasteiger partial charge in [-0.1, -0.05) is 12.1 Å². The zero-order valence-electron chi connectivity index (χ0n) is 22.1. The van der Waals surface area contributed by atoms with Gasteiger partial charge in [0, 0.05) is 29.5 Å².